The Kier molecular flexibility index (Phi) is 6.44. The SMILES string of the molecule is CC[C@@H](C)NC(=O)NC(=O)CSc1ccc(F)cc1F. The van der Waals surface area contributed by atoms with Gasteiger partial charge in [-0.15, -0.1) is 11.8 Å². The standard InChI is InChI=1S/C13H16F2N2O2S/c1-3-8(2)16-13(19)17-12(18)7-20-11-5-4-9(14)6-10(11)15/h4-6,8H,3,7H2,1-2H3,(H2,16,17,18,19)/t8-/m1/s1. The number of nitrogens with one attached hydrogen (secondary N) is 2. The monoisotopic (exact) mass is 302 g/mol. The molecule has 0 aromatic heterocycles. The third-order valence-corrected chi connectivity index (χ3v) is 3.54. The van der Waals surface area contributed by atoms with Crippen LogP contribution in [0, 0.1) is 11.6 Å². The molecular weight excluding hydrogens is 286 g/mol. The molecule has 1 atom stereocenters. The molecule has 1 rings (SSSR count). The summed E-state index contributed by atoms with van der Waals surface area (Å²) in [6.45, 7) is 3.71. The van der Waals surface area contributed by atoms with Crippen molar-refractivity contribution < 1.29 is 18.4 Å². The van der Waals surface area contributed by atoms with E-state index in [1.165, 1.54) is 6.07 Å². The molecule has 0 radical (unpaired) electrons. The maximum atomic E-state index is 13.3. The lowest BCUT2D eigenvalue weighted by molar-refractivity contribution is -0.117. The van der Waals surface area contributed by atoms with Gasteiger partial charge in [0.2, 0.25) is 5.91 Å². The van der Waals surface area contributed by atoms with Crippen molar-refractivity contribution >= 4 is 23.7 Å². The smallest absolute Gasteiger partial charge is 0.321 e. The second-order valence-corrected chi connectivity index (χ2v) is 5.21. The van der Waals surface area contributed by atoms with E-state index in [0.29, 0.717) is 0 Å². The van der Waals surface area contributed by atoms with E-state index < -0.39 is 23.6 Å². The van der Waals surface area contributed by atoms with Crippen molar-refractivity contribution in [3.05, 3.63) is 29.8 Å². The van der Waals surface area contributed by atoms with Gasteiger partial charge >= 0.3 is 6.03 Å². The summed E-state index contributed by atoms with van der Waals surface area (Å²) in [5.41, 5.74) is 0. The van der Waals surface area contributed by atoms with E-state index in [1.807, 2.05) is 13.8 Å². The molecule has 0 unspecified atom stereocenters. The van der Waals surface area contributed by atoms with Crippen molar-refractivity contribution in [1.29, 1.82) is 0 Å². The van der Waals surface area contributed by atoms with Crippen molar-refractivity contribution in [1.82, 2.24) is 10.6 Å². The molecule has 3 amide bonds. The zero-order valence-corrected chi connectivity index (χ0v) is 12.0. The van der Waals surface area contributed by atoms with Gasteiger partial charge < -0.3 is 5.32 Å². The van der Waals surface area contributed by atoms with Crippen LogP contribution in [0.25, 0.3) is 0 Å². The fourth-order valence-electron chi connectivity index (χ4n) is 1.26. The first kappa shape index (κ1) is 16.4. The molecule has 0 saturated heterocycles. The second kappa shape index (κ2) is 7.84. The lowest BCUT2D eigenvalue weighted by Crippen LogP contribution is -2.43. The zero-order valence-electron chi connectivity index (χ0n) is 11.2. The van der Waals surface area contributed by atoms with Crippen LogP contribution in [0.5, 0.6) is 0 Å². The van der Waals surface area contributed by atoms with Crippen LogP contribution in [0.4, 0.5) is 13.6 Å². The number of carbonyl (C=O) groups excluding carboxylic acids is 2. The number of urea groups is 1. The third-order valence-electron chi connectivity index (χ3n) is 2.50. The maximum absolute atomic E-state index is 13.3. The van der Waals surface area contributed by atoms with E-state index in [1.54, 1.807) is 0 Å². The van der Waals surface area contributed by atoms with Crippen LogP contribution >= 0.6 is 11.8 Å². The van der Waals surface area contributed by atoms with Gasteiger partial charge in [-0.05, 0) is 25.5 Å². The number of carbonyl (C=O) groups is 2. The van der Waals surface area contributed by atoms with Crippen LogP contribution in [0.15, 0.2) is 23.1 Å². The molecule has 110 valence electrons. The van der Waals surface area contributed by atoms with E-state index >= 15 is 0 Å². The predicted molar refractivity (Wildman–Crippen MR) is 73.5 cm³/mol. The van der Waals surface area contributed by atoms with Crippen LogP contribution in [-0.4, -0.2) is 23.7 Å². The Bertz CT molecular complexity index is 497. The normalized spacial score (nSPS) is 11.8. The molecular formula is C13H16F2N2O2S. The molecule has 0 fully saturated rings. The Morgan fingerprint density at radius 3 is 2.65 bits per heavy atom. The van der Waals surface area contributed by atoms with Crippen molar-refractivity contribution in [2.45, 2.75) is 31.2 Å². The highest BCUT2D eigenvalue weighted by atomic mass is 32.2. The summed E-state index contributed by atoms with van der Waals surface area (Å²) in [7, 11) is 0. The van der Waals surface area contributed by atoms with E-state index in [2.05, 4.69) is 10.6 Å². The number of amides is 3. The summed E-state index contributed by atoms with van der Waals surface area (Å²) in [4.78, 5) is 23.0. The lowest BCUT2D eigenvalue weighted by atomic mass is 10.3. The van der Waals surface area contributed by atoms with Crippen molar-refractivity contribution in [3.63, 3.8) is 0 Å². The number of imide groups is 1. The first-order valence-corrected chi connectivity index (χ1v) is 7.09. The predicted octanol–water partition coefficient (Wildman–Crippen LogP) is 2.68. The van der Waals surface area contributed by atoms with Gasteiger partial charge in [-0.25, -0.2) is 13.6 Å². The van der Waals surface area contributed by atoms with Crippen LogP contribution in [-0.2, 0) is 4.79 Å². The summed E-state index contributed by atoms with van der Waals surface area (Å²) in [5, 5.41) is 4.71. The van der Waals surface area contributed by atoms with Gasteiger partial charge in [-0.1, -0.05) is 6.92 Å². The minimum Gasteiger partial charge on any atom is -0.335 e. The van der Waals surface area contributed by atoms with Crippen molar-refractivity contribution in [3.8, 4) is 0 Å². The van der Waals surface area contributed by atoms with Crippen LogP contribution < -0.4 is 10.6 Å². The Hall–Kier alpha value is -1.63. The fraction of sp³-hybridized carbons (Fsp3) is 0.385. The van der Waals surface area contributed by atoms with Gasteiger partial charge in [-0.3, -0.25) is 10.1 Å². The van der Waals surface area contributed by atoms with Gasteiger partial charge in [0.15, 0.2) is 0 Å². The van der Waals surface area contributed by atoms with Crippen molar-refractivity contribution in [2.75, 3.05) is 5.75 Å². The Balaban J connectivity index is 2.41. The second-order valence-electron chi connectivity index (χ2n) is 4.19. The summed E-state index contributed by atoms with van der Waals surface area (Å²) >= 11 is 0.897. The molecule has 1 aromatic carbocycles. The highest BCUT2D eigenvalue weighted by molar-refractivity contribution is 8.00. The van der Waals surface area contributed by atoms with E-state index in [9.17, 15) is 18.4 Å². The highest BCUT2D eigenvalue weighted by Gasteiger charge is 2.11. The number of halogens is 2. The minimum atomic E-state index is -0.730. The lowest BCUT2D eigenvalue weighted by Gasteiger charge is -2.11. The van der Waals surface area contributed by atoms with Gasteiger partial charge in [-0.2, -0.15) is 0 Å². The topological polar surface area (TPSA) is 58.2 Å². The maximum Gasteiger partial charge on any atom is 0.321 e. The number of hydrogen-bond donors (Lipinski definition) is 2. The molecule has 0 spiro atoms. The minimum absolute atomic E-state index is 0.0370. The zero-order chi connectivity index (χ0) is 15.1. The molecule has 4 nitrogen and oxygen atoms in total. The molecule has 7 heteroatoms. The van der Waals surface area contributed by atoms with Gasteiger partial charge in [0.05, 0.1) is 5.75 Å². The summed E-state index contributed by atoms with van der Waals surface area (Å²) in [5.74, 6) is -2.08. The first-order valence-electron chi connectivity index (χ1n) is 6.10. The van der Waals surface area contributed by atoms with E-state index in [4.69, 9.17) is 0 Å². The van der Waals surface area contributed by atoms with Gasteiger partial charge in [0.1, 0.15) is 11.6 Å². The molecule has 2 N–H and O–H groups in total. The number of thioether (sulfide) groups is 1. The molecule has 20 heavy (non-hydrogen) atoms. The Morgan fingerprint density at radius 1 is 1.35 bits per heavy atom. The summed E-state index contributed by atoms with van der Waals surface area (Å²) < 4.78 is 26.0. The molecule has 0 heterocycles. The number of benzene rings is 1. The first-order chi connectivity index (χ1) is 9.42. The van der Waals surface area contributed by atoms with Gasteiger partial charge in [0.25, 0.3) is 0 Å². The number of hydrogen-bond acceptors (Lipinski definition) is 3. The highest BCUT2D eigenvalue weighted by Crippen LogP contribution is 2.21. The molecule has 0 aliphatic carbocycles. The molecule has 0 aliphatic rings. The van der Waals surface area contributed by atoms with Crippen LogP contribution in [0.1, 0.15) is 20.3 Å². The van der Waals surface area contributed by atoms with Crippen LogP contribution in [0.2, 0.25) is 0 Å². The summed E-state index contributed by atoms with van der Waals surface area (Å²) in [6.07, 6.45) is 0.747. The fourth-order valence-corrected chi connectivity index (χ4v) is 1.98. The Morgan fingerprint density at radius 2 is 2.05 bits per heavy atom. The molecule has 1 aromatic rings. The average Bonchev–Trinajstić information content (AvgIpc) is 2.37. The molecule has 0 bridgehead atoms. The Labute approximate surface area is 120 Å². The van der Waals surface area contributed by atoms with E-state index in [0.717, 1.165) is 30.3 Å². The molecule has 0 saturated carbocycles. The van der Waals surface area contributed by atoms with Crippen molar-refractivity contribution in [2.24, 2.45) is 0 Å². The van der Waals surface area contributed by atoms with E-state index in [-0.39, 0.29) is 16.7 Å². The largest absolute Gasteiger partial charge is 0.335 e. The number of rotatable bonds is 5. The van der Waals surface area contributed by atoms with Crippen LogP contribution in [0.3, 0.4) is 0 Å². The summed E-state index contributed by atoms with van der Waals surface area (Å²) in [6, 6.07) is 2.49. The van der Waals surface area contributed by atoms with Gasteiger partial charge in [0, 0.05) is 17.0 Å². The third kappa shape index (κ3) is 5.56. The molecule has 0 aliphatic heterocycles. The quantitative estimate of drug-likeness (QED) is 0.822. The average molecular weight is 302 g/mol.